The van der Waals surface area contributed by atoms with Gasteiger partial charge in [-0.25, -0.2) is 0 Å². The smallest absolute Gasteiger partial charge is 0.226 e. The molecule has 104 valence electrons. The standard InChI is InChI=1S/C15H21ClN2O/c1-11(2)15(19)17-13-8-6-7-12(16)14(13)18-9-4-3-5-10-18/h6-8,11H,3-5,9-10H2,1-2H3,(H,17,19). The van der Waals surface area contributed by atoms with Crippen LogP contribution in [-0.2, 0) is 4.79 Å². The van der Waals surface area contributed by atoms with Gasteiger partial charge in [-0.2, -0.15) is 0 Å². The van der Waals surface area contributed by atoms with Crippen LogP contribution in [0.1, 0.15) is 33.1 Å². The van der Waals surface area contributed by atoms with Crippen molar-refractivity contribution >= 4 is 28.9 Å². The number of nitrogens with one attached hydrogen (secondary N) is 1. The van der Waals surface area contributed by atoms with E-state index in [-0.39, 0.29) is 11.8 Å². The van der Waals surface area contributed by atoms with E-state index in [1.54, 1.807) is 0 Å². The van der Waals surface area contributed by atoms with Crippen LogP contribution in [0.3, 0.4) is 0 Å². The third-order valence-electron chi connectivity index (χ3n) is 3.44. The Kier molecular flexibility index (Phi) is 4.70. The number of nitrogens with zero attached hydrogens (tertiary/aromatic N) is 1. The van der Waals surface area contributed by atoms with E-state index in [2.05, 4.69) is 10.2 Å². The second-order valence-corrected chi connectivity index (χ2v) is 5.73. The number of carbonyl (C=O) groups excluding carboxylic acids is 1. The second kappa shape index (κ2) is 6.29. The van der Waals surface area contributed by atoms with Crippen molar-refractivity contribution < 1.29 is 4.79 Å². The number of hydrogen-bond acceptors (Lipinski definition) is 2. The zero-order valence-electron chi connectivity index (χ0n) is 11.6. The lowest BCUT2D eigenvalue weighted by Crippen LogP contribution is -2.31. The predicted octanol–water partition coefficient (Wildman–Crippen LogP) is 3.92. The summed E-state index contributed by atoms with van der Waals surface area (Å²) in [5.41, 5.74) is 1.80. The van der Waals surface area contributed by atoms with Crippen LogP contribution >= 0.6 is 11.6 Å². The SMILES string of the molecule is CC(C)C(=O)Nc1cccc(Cl)c1N1CCCCC1. The molecule has 4 heteroatoms. The van der Waals surface area contributed by atoms with Crippen molar-refractivity contribution in [3.63, 3.8) is 0 Å². The monoisotopic (exact) mass is 280 g/mol. The molecule has 0 saturated carbocycles. The average Bonchev–Trinajstić information content (AvgIpc) is 2.39. The van der Waals surface area contributed by atoms with Gasteiger partial charge in [-0.15, -0.1) is 0 Å². The molecule has 0 aromatic heterocycles. The van der Waals surface area contributed by atoms with Crippen LogP contribution in [0.5, 0.6) is 0 Å². The molecule has 1 N–H and O–H groups in total. The minimum Gasteiger partial charge on any atom is -0.369 e. The summed E-state index contributed by atoms with van der Waals surface area (Å²) in [6.45, 7) is 5.80. The molecule has 19 heavy (non-hydrogen) atoms. The van der Waals surface area contributed by atoms with Crippen molar-refractivity contribution in [2.24, 2.45) is 5.92 Å². The number of benzene rings is 1. The van der Waals surface area contributed by atoms with Crippen molar-refractivity contribution in [3.8, 4) is 0 Å². The molecule has 0 radical (unpaired) electrons. The first kappa shape index (κ1) is 14.2. The van der Waals surface area contributed by atoms with E-state index in [1.807, 2.05) is 32.0 Å². The highest BCUT2D eigenvalue weighted by molar-refractivity contribution is 6.34. The molecular weight excluding hydrogens is 260 g/mol. The number of piperidine rings is 1. The lowest BCUT2D eigenvalue weighted by atomic mass is 10.1. The van der Waals surface area contributed by atoms with E-state index in [4.69, 9.17) is 11.6 Å². The zero-order chi connectivity index (χ0) is 13.8. The molecule has 1 aliphatic heterocycles. The number of halogens is 1. The van der Waals surface area contributed by atoms with Crippen molar-refractivity contribution in [1.82, 2.24) is 0 Å². The van der Waals surface area contributed by atoms with Crippen molar-refractivity contribution in [3.05, 3.63) is 23.2 Å². The molecule has 0 bridgehead atoms. The predicted molar refractivity (Wildman–Crippen MR) is 81.0 cm³/mol. The van der Waals surface area contributed by atoms with Crippen LogP contribution in [0, 0.1) is 5.92 Å². The maximum Gasteiger partial charge on any atom is 0.226 e. The molecule has 0 aliphatic carbocycles. The number of rotatable bonds is 3. The van der Waals surface area contributed by atoms with Gasteiger partial charge < -0.3 is 10.2 Å². The Balaban J connectivity index is 2.27. The lowest BCUT2D eigenvalue weighted by molar-refractivity contribution is -0.118. The average molecular weight is 281 g/mol. The van der Waals surface area contributed by atoms with Gasteiger partial charge in [0.25, 0.3) is 0 Å². The summed E-state index contributed by atoms with van der Waals surface area (Å²) in [4.78, 5) is 14.2. The summed E-state index contributed by atoms with van der Waals surface area (Å²) in [5, 5.41) is 3.69. The van der Waals surface area contributed by atoms with E-state index < -0.39 is 0 Å². The number of carbonyl (C=O) groups is 1. The van der Waals surface area contributed by atoms with Gasteiger partial charge in [0.15, 0.2) is 0 Å². The van der Waals surface area contributed by atoms with Gasteiger partial charge in [0.1, 0.15) is 0 Å². The maximum absolute atomic E-state index is 11.9. The molecule has 0 unspecified atom stereocenters. The summed E-state index contributed by atoms with van der Waals surface area (Å²) >= 11 is 6.33. The molecule has 1 aliphatic rings. The van der Waals surface area contributed by atoms with E-state index in [9.17, 15) is 4.79 Å². The Morgan fingerprint density at radius 1 is 1.26 bits per heavy atom. The second-order valence-electron chi connectivity index (χ2n) is 5.33. The van der Waals surface area contributed by atoms with E-state index >= 15 is 0 Å². The number of anilines is 2. The molecule has 2 rings (SSSR count). The van der Waals surface area contributed by atoms with Gasteiger partial charge in [0.2, 0.25) is 5.91 Å². The van der Waals surface area contributed by atoms with Gasteiger partial charge in [0.05, 0.1) is 16.4 Å². The third kappa shape index (κ3) is 3.41. The molecular formula is C15H21ClN2O. The van der Waals surface area contributed by atoms with Crippen LogP contribution in [0.4, 0.5) is 11.4 Å². The van der Waals surface area contributed by atoms with E-state index in [1.165, 1.54) is 19.3 Å². The Hall–Kier alpha value is -1.22. The summed E-state index contributed by atoms with van der Waals surface area (Å²) in [6.07, 6.45) is 3.64. The van der Waals surface area contributed by atoms with E-state index in [0.717, 1.165) is 24.5 Å². The number of para-hydroxylation sites is 1. The Morgan fingerprint density at radius 2 is 1.95 bits per heavy atom. The lowest BCUT2D eigenvalue weighted by Gasteiger charge is -2.31. The molecule has 1 fully saturated rings. The van der Waals surface area contributed by atoms with Crippen molar-refractivity contribution in [2.75, 3.05) is 23.3 Å². The van der Waals surface area contributed by atoms with Crippen LogP contribution in [0.2, 0.25) is 5.02 Å². The largest absolute Gasteiger partial charge is 0.369 e. The van der Waals surface area contributed by atoms with Crippen LogP contribution in [0.15, 0.2) is 18.2 Å². The Labute approximate surface area is 119 Å². The first-order valence-electron chi connectivity index (χ1n) is 6.94. The molecule has 1 saturated heterocycles. The normalized spacial score (nSPS) is 15.7. The van der Waals surface area contributed by atoms with Gasteiger partial charge in [-0.1, -0.05) is 31.5 Å². The molecule has 0 spiro atoms. The first-order valence-corrected chi connectivity index (χ1v) is 7.31. The first-order chi connectivity index (χ1) is 9.09. The number of amides is 1. The third-order valence-corrected chi connectivity index (χ3v) is 3.75. The molecule has 3 nitrogen and oxygen atoms in total. The fourth-order valence-corrected chi connectivity index (χ4v) is 2.63. The van der Waals surface area contributed by atoms with Gasteiger partial charge in [-0.05, 0) is 31.4 Å². The highest BCUT2D eigenvalue weighted by Crippen LogP contribution is 2.35. The minimum absolute atomic E-state index is 0.0283. The summed E-state index contributed by atoms with van der Waals surface area (Å²) in [6, 6.07) is 5.69. The fourth-order valence-electron chi connectivity index (χ4n) is 2.33. The maximum atomic E-state index is 11.9. The van der Waals surface area contributed by atoms with Crippen LogP contribution in [0.25, 0.3) is 0 Å². The Bertz CT molecular complexity index is 453. The molecule has 1 amide bonds. The Morgan fingerprint density at radius 3 is 2.58 bits per heavy atom. The van der Waals surface area contributed by atoms with Gasteiger partial charge in [-0.3, -0.25) is 4.79 Å². The highest BCUT2D eigenvalue weighted by atomic mass is 35.5. The quantitative estimate of drug-likeness (QED) is 0.910. The van der Waals surface area contributed by atoms with Crippen LogP contribution < -0.4 is 10.2 Å². The minimum atomic E-state index is -0.0341. The molecule has 0 atom stereocenters. The molecule has 1 aromatic rings. The summed E-state index contributed by atoms with van der Waals surface area (Å²) < 4.78 is 0. The zero-order valence-corrected chi connectivity index (χ0v) is 12.3. The van der Waals surface area contributed by atoms with Crippen molar-refractivity contribution in [1.29, 1.82) is 0 Å². The summed E-state index contributed by atoms with van der Waals surface area (Å²) in [5.74, 6) is -0.00582. The van der Waals surface area contributed by atoms with Gasteiger partial charge >= 0.3 is 0 Å². The van der Waals surface area contributed by atoms with Gasteiger partial charge in [0, 0.05) is 19.0 Å². The van der Waals surface area contributed by atoms with Crippen LogP contribution in [-0.4, -0.2) is 19.0 Å². The molecule has 1 heterocycles. The molecule has 1 aromatic carbocycles. The highest BCUT2D eigenvalue weighted by Gasteiger charge is 2.19. The fraction of sp³-hybridized carbons (Fsp3) is 0.533. The number of hydrogen-bond donors (Lipinski definition) is 1. The van der Waals surface area contributed by atoms with Crippen molar-refractivity contribution in [2.45, 2.75) is 33.1 Å². The topological polar surface area (TPSA) is 32.3 Å². The van der Waals surface area contributed by atoms with E-state index in [0.29, 0.717) is 5.02 Å². The summed E-state index contributed by atoms with van der Waals surface area (Å²) in [7, 11) is 0.